The fraction of sp³-hybridized carbons (Fsp3) is 0.529. The van der Waals surface area contributed by atoms with Gasteiger partial charge < -0.3 is 19.8 Å². The summed E-state index contributed by atoms with van der Waals surface area (Å²) in [5.41, 5.74) is 1.20. The summed E-state index contributed by atoms with van der Waals surface area (Å²) in [7, 11) is 0. The Labute approximate surface area is 151 Å². The van der Waals surface area contributed by atoms with Gasteiger partial charge in [-0.15, -0.1) is 0 Å². The van der Waals surface area contributed by atoms with Crippen molar-refractivity contribution in [1.82, 2.24) is 15.2 Å². The number of urea groups is 1. The van der Waals surface area contributed by atoms with Crippen molar-refractivity contribution in [3.05, 3.63) is 22.5 Å². The lowest BCUT2D eigenvalue weighted by atomic mass is 10.1. The maximum atomic E-state index is 12.4. The van der Waals surface area contributed by atoms with E-state index >= 15 is 0 Å². The Bertz CT molecular complexity index is 752. The van der Waals surface area contributed by atoms with Crippen LogP contribution in [0, 0.1) is 13.8 Å². The van der Waals surface area contributed by atoms with Crippen molar-refractivity contribution in [3.63, 3.8) is 0 Å². The summed E-state index contributed by atoms with van der Waals surface area (Å²) in [6.07, 6.45) is -1.43. The van der Waals surface area contributed by atoms with Gasteiger partial charge in [0.15, 0.2) is 6.10 Å². The predicted molar refractivity (Wildman–Crippen MR) is 90.8 cm³/mol. The quantitative estimate of drug-likeness (QED) is 0.759. The monoisotopic (exact) mass is 365 g/mol. The minimum atomic E-state index is -1.14. The first kappa shape index (κ1) is 19.5. The molecule has 1 aliphatic rings. The molecule has 1 aromatic heterocycles. The number of nitrogens with one attached hydrogen (secondary N) is 2. The first-order valence-electron chi connectivity index (χ1n) is 8.33. The van der Waals surface area contributed by atoms with Crippen LogP contribution < -0.4 is 5.32 Å². The SMILES string of the molecule is Cc1[nH]c(C(=O)O[C@@H](C)C(=O)N2CCNC2=O)c(C)c1C(=O)OC(C)C. The lowest BCUT2D eigenvalue weighted by Crippen LogP contribution is -2.41. The first-order chi connectivity index (χ1) is 12.1. The van der Waals surface area contributed by atoms with Crippen molar-refractivity contribution in [2.75, 3.05) is 13.1 Å². The zero-order valence-electron chi connectivity index (χ0n) is 15.5. The Hall–Kier alpha value is -2.84. The summed E-state index contributed by atoms with van der Waals surface area (Å²) in [6, 6.07) is -0.511. The molecular formula is C17H23N3O6. The van der Waals surface area contributed by atoms with Gasteiger partial charge in [-0.05, 0) is 40.2 Å². The fourth-order valence-electron chi connectivity index (χ4n) is 2.70. The highest BCUT2D eigenvalue weighted by atomic mass is 16.6. The summed E-state index contributed by atoms with van der Waals surface area (Å²) in [6.45, 7) is 8.68. The number of aromatic nitrogens is 1. The van der Waals surface area contributed by atoms with Crippen molar-refractivity contribution in [1.29, 1.82) is 0 Å². The van der Waals surface area contributed by atoms with E-state index < -0.39 is 30.0 Å². The van der Waals surface area contributed by atoms with Crippen molar-refractivity contribution < 1.29 is 28.7 Å². The van der Waals surface area contributed by atoms with Crippen LogP contribution in [0.25, 0.3) is 0 Å². The van der Waals surface area contributed by atoms with Crippen LogP contribution in [0.4, 0.5) is 4.79 Å². The van der Waals surface area contributed by atoms with Crippen LogP contribution in [0.2, 0.25) is 0 Å². The molecule has 1 atom stereocenters. The number of imide groups is 1. The number of carbonyl (C=O) groups excluding carboxylic acids is 4. The molecule has 142 valence electrons. The molecule has 1 saturated heterocycles. The van der Waals surface area contributed by atoms with Crippen LogP contribution in [-0.4, -0.2) is 59.1 Å². The number of carbonyl (C=O) groups is 4. The third kappa shape index (κ3) is 3.87. The van der Waals surface area contributed by atoms with Gasteiger partial charge in [-0.3, -0.25) is 9.69 Å². The van der Waals surface area contributed by atoms with E-state index in [4.69, 9.17) is 9.47 Å². The van der Waals surface area contributed by atoms with E-state index in [9.17, 15) is 19.2 Å². The van der Waals surface area contributed by atoms with E-state index in [1.54, 1.807) is 27.7 Å². The van der Waals surface area contributed by atoms with E-state index in [1.165, 1.54) is 6.92 Å². The van der Waals surface area contributed by atoms with Crippen molar-refractivity contribution >= 4 is 23.9 Å². The molecule has 2 N–H and O–H groups in total. The molecule has 0 saturated carbocycles. The van der Waals surface area contributed by atoms with Crippen LogP contribution in [0.1, 0.15) is 52.9 Å². The number of aromatic amines is 1. The normalized spacial score (nSPS) is 15.0. The number of H-pyrrole nitrogens is 1. The number of amides is 3. The molecular weight excluding hydrogens is 342 g/mol. The maximum absolute atomic E-state index is 12.4. The van der Waals surface area contributed by atoms with Crippen LogP contribution >= 0.6 is 0 Å². The Morgan fingerprint density at radius 3 is 2.27 bits per heavy atom. The van der Waals surface area contributed by atoms with Crippen LogP contribution in [0.15, 0.2) is 0 Å². The smallest absolute Gasteiger partial charge is 0.355 e. The number of aryl methyl sites for hydroxylation is 1. The van der Waals surface area contributed by atoms with Crippen LogP contribution in [0.5, 0.6) is 0 Å². The van der Waals surface area contributed by atoms with Crippen LogP contribution in [-0.2, 0) is 14.3 Å². The Balaban J connectivity index is 2.13. The molecule has 1 aliphatic heterocycles. The van der Waals surface area contributed by atoms with Gasteiger partial charge in [-0.25, -0.2) is 14.4 Å². The third-order valence-electron chi connectivity index (χ3n) is 3.94. The number of esters is 2. The zero-order valence-corrected chi connectivity index (χ0v) is 15.5. The molecule has 9 heteroatoms. The number of nitrogens with zero attached hydrogens (tertiary/aromatic N) is 1. The molecule has 1 aromatic rings. The average molecular weight is 365 g/mol. The van der Waals surface area contributed by atoms with Gasteiger partial charge in [0.2, 0.25) is 0 Å². The average Bonchev–Trinajstić information content (AvgIpc) is 3.08. The number of hydrogen-bond donors (Lipinski definition) is 2. The predicted octanol–water partition coefficient (Wildman–Crippen LogP) is 1.29. The summed E-state index contributed by atoms with van der Waals surface area (Å²) in [4.78, 5) is 52.1. The van der Waals surface area contributed by atoms with Crippen LogP contribution in [0.3, 0.4) is 0 Å². The summed E-state index contributed by atoms with van der Waals surface area (Å²) >= 11 is 0. The highest BCUT2D eigenvalue weighted by Crippen LogP contribution is 2.21. The van der Waals surface area contributed by atoms with Gasteiger partial charge in [-0.1, -0.05) is 0 Å². The zero-order chi connectivity index (χ0) is 19.6. The summed E-state index contributed by atoms with van der Waals surface area (Å²) < 4.78 is 10.3. The Morgan fingerprint density at radius 1 is 1.08 bits per heavy atom. The topological polar surface area (TPSA) is 118 Å². The van der Waals surface area contributed by atoms with Gasteiger partial charge >= 0.3 is 18.0 Å². The highest BCUT2D eigenvalue weighted by Gasteiger charge is 2.33. The highest BCUT2D eigenvalue weighted by molar-refractivity contribution is 6.01. The molecule has 3 amide bonds. The lowest BCUT2D eigenvalue weighted by Gasteiger charge is -2.18. The van der Waals surface area contributed by atoms with E-state index in [0.717, 1.165) is 4.90 Å². The fourth-order valence-corrected chi connectivity index (χ4v) is 2.70. The number of rotatable bonds is 5. The molecule has 0 unspecified atom stereocenters. The van der Waals surface area contributed by atoms with Gasteiger partial charge in [0.05, 0.1) is 11.7 Å². The molecule has 2 rings (SSSR count). The lowest BCUT2D eigenvalue weighted by molar-refractivity contribution is -0.136. The van der Waals surface area contributed by atoms with E-state index in [0.29, 0.717) is 17.8 Å². The second-order valence-corrected chi connectivity index (χ2v) is 6.35. The van der Waals surface area contributed by atoms with Gasteiger partial charge in [-0.2, -0.15) is 0 Å². The summed E-state index contributed by atoms with van der Waals surface area (Å²) in [5.74, 6) is -1.92. The molecule has 9 nitrogen and oxygen atoms in total. The minimum absolute atomic E-state index is 0.0729. The van der Waals surface area contributed by atoms with Crippen molar-refractivity contribution in [2.24, 2.45) is 0 Å². The molecule has 0 aromatic carbocycles. The molecule has 1 fully saturated rings. The van der Waals surface area contributed by atoms with Crippen molar-refractivity contribution in [3.8, 4) is 0 Å². The van der Waals surface area contributed by atoms with Gasteiger partial charge in [0.25, 0.3) is 5.91 Å². The molecule has 0 spiro atoms. The Kier molecular flexibility index (Phi) is 5.69. The third-order valence-corrected chi connectivity index (χ3v) is 3.94. The van der Waals surface area contributed by atoms with Gasteiger partial charge in [0.1, 0.15) is 5.69 Å². The number of hydrogen-bond acceptors (Lipinski definition) is 6. The molecule has 0 aliphatic carbocycles. The minimum Gasteiger partial charge on any atom is -0.459 e. The molecule has 0 radical (unpaired) electrons. The van der Waals surface area contributed by atoms with E-state index in [2.05, 4.69) is 10.3 Å². The maximum Gasteiger partial charge on any atom is 0.355 e. The number of ether oxygens (including phenoxy) is 2. The molecule has 2 heterocycles. The second kappa shape index (κ2) is 7.59. The van der Waals surface area contributed by atoms with E-state index in [-0.39, 0.29) is 23.9 Å². The van der Waals surface area contributed by atoms with Gasteiger partial charge in [0, 0.05) is 18.8 Å². The largest absolute Gasteiger partial charge is 0.459 e. The Morgan fingerprint density at radius 2 is 1.73 bits per heavy atom. The first-order valence-corrected chi connectivity index (χ1v) is 8.33. The molecule has 0 bridgehead atoms. The van der Waals surface area contributed by atoms with E-state index in [1.807, 2.05) is 0 Å². The van der Waals surface area contributed by atoms with Crippen molar-refractivity contribution in [2.45, 2.75) is 46.8 Å². The summed E-state index contributed by atoms with van der Waals surface area (Å²) in [5, 5.41) is 2.51. The molecule has 26 heavy (non-hydrogen) atoms. The second-order valence-electron chi connectivity index (χ2n) is 6.35. The standard InChI is InChI=1S/C17H23N3O6/c1-8(2)25-15(22)12-9(3)13(19-10(12)4)16(23)26-11(5)14(21)20-7-6-18-17(20)24/h8,11,19H,6-7H2,1-5H3,(H,18,24)/t11-/m0/s1.